The molecule has 2 aromatic carbocycles. The van der Waals surface area contributed by atoms with E-state index in [-0.39, 0.29) is 5.78 Å². The Labute approximate surface area is 131 Å². The van der Waals surface area contributed by atoms with Crippen molar-refractivity contribution in [2.24, 2.45) is 0 Å². The Bertz CT molecular complexity index is 945. The highest BCUT2D eigenvalue weighted by molar-refractivity contribution is 5.99. The first kappa shape index (κ1) is 13.3. The normalized spacial score (nSPS) is 12.3. The lowest BCUT2D eigenvalue weighted by molar-refractivity contribution is 0.0888. The van der Waals surface area contributed by atoms with Gasteiger partial charge in [-0.3, -0.25) is 4.79 Å². The van der Waals surface area contributed by atoms with Crippen LogP contribution < -0.4 is 0 Å². The third-order valence-corrected chi connectivity index (χ3v) is 3.59. The zero-order valence-electron chi connectivity index (χ0n) is 12.0. The molecule has 7 heteroatoms. The van der Waals surface area contributed by atoms with Crippen molar-refractivity contribution in [2.75, 3.05) is 0 Å². The first-order chi connectivity index (χ1) is 11.3. The second-order valence-electron chi connectivity index (χ2n) is 5.00. The van der Waals surface area contributed by atoms with Crippen LogP contribution in [0.25, 0.3) is 11.0 Å². The fraction of sp³-hybridized carbons (Fsp3) is 0.0625. The van der Waals surface area contributed by atoms with Crippen LogP contribution in [0.1, 0.15) is 16.5 Å². The van der Waals surface area contributed by atoms with E-state index in [9.17, 15) is 4.79 Å². The number of para-hydroxylation sites is 1. The zero-order valence-corrected chi connectivity index (χ0v) is 12.0. The number of benzene rings is 2. The van der Waals surface area contributed by atoms with Gasteiger partial charge in [0.15, 0.2) is 0 Å². The van der Waals surface area contributed by atoms with Crippen LogP contribution in [0.5, 0.6) is 0 Å². The highest BCUT2D eigenvalue weighted by atomic mass is 16.1. The van der Waals surface area contributed by atoms with Gasteiger partial charge in [-0.2, -0.15) is 5.10 Å². The summed E-state index contributed by atoms with van der Waals surface area (Å²) < 4.78 is 3.05. The van der Waals surface area contributed by atoms with E-state index in [1.807, 2.05) is 42.5 Å². The Morgan fingerprint density at radius 3 is 2.57 bits per heavy atom. The summed E-state index contributed by atoms with van der Waals surface area (Å²) in [5.74, 6) is -0.133. The van der Waals surface area contributed by atoms with Crippen molar-refractivity contribution in [1.82, 2.24) is 29.8 Å². The van der Waals surface area contributed by atoms with E-state index < -0.39 is 6.17 Å². The fourth-order valence-electron chi connectivity index (χ4n) is 2.51. The minimum atomic E-state index is -0.771. The van der Waals surface area contributed by atoms with Gasteiger partial charge >= 0.3 is 0 Å². The summed E-state index contributed by atoms with van der Waals surface area (Å²) in [5, 5.41) is 12.4. The number of carbonyl (C=O) groups excluding carboxylic acids is 1. The molecule has 0 fully saturated rings. The number of hydrogen-bond acceptors (Lipinski definition) is 5. The topological polar surface area (TPSA) is 78.5 Å². The predicted octanol–water partition coefficient (Wildman–Crippen LogP) is 1.95. The fourth-order valence-corrected chi connectivity index (χ4v) is 2.51. The van der Waals surface area contributed by atoms with Crippen LogP contribution in [0.3, 0.4) is 0 Å². The number of fused-ring (bicyclic) bond motifs is 1. The quantitative estimate of drug-likeness (QED) is 0.538. The molecule has 0 saturated carbocycles. The number of nitrogens with zero attached hydrogens (tertiary/aromatic N) is 6. The second-order valence-corrected chi connectivity index (χ2v) is 5.00. The second kappa shape index (κ2) is 5.45. The third-order valence-electron chi connectivity index (χ3n) is 3.59. The van der Waals surface area contributed by atoms with Crippen molar-refractivity contribution in [3.05, 3.63) is 72.8 Å². The van der Waals surface area contributed by atoms with E-state index >= 15 is 0 Å². The number of carbonyl (C=O) groups is 1. The predicted molar refractivity (Wildman–Crippen MR) is 82.8 cm³/mol. The van der Waals surface area contributed by atoms with E-state index in [2.05, 4.69) is 20.4 Å². The lowest BCUT2D eigenvalue weighted by Gasteiger charge is -2.16. The van der Waals surface area contributed by atoms with Crippen molar-refractivity contribution in [3.8, 4) is 0 Å². The Morgan fingerprint density at radius 2 is 1.78 bits per heavy atom. The minimum Gasteiger partial charge on any atom is -0.290 e. The van der Waals surface area contributed by atoms with Gasteiger partial charge < -0.3 is 0 Å². The highest BCUT2D eigenvalue weighted by Gasteiger charge is 2.27. The third kappa shape index (κ3) is 2.28. The lowest BCUT2D eigenvalue weighted by Crippen LogP contribution is -2.28. The molecule has 1 atom stereocenters. The molecule has 0 aliphatic rings. The molecule has 0 aliphatic heterocycles. The molecule has 0 spiro atoms. The standard InChI is InChI=1S/C16H12N6O/c23-15(12-6-2-1-3-7-12)16(21-11-17-10-18-21)22-14-9-5-4-8-13(14)19-20-22/h1-11,16H. The van der Waals surface area contributed by atoms with Crippen LogP contribution in [0.4, 0.5) is 0 Å². The summed E-state index contributed by atoms with van der Waals surface area (Å²) in [7, 11) is 0. The molecular formula is C16H12N6O. The first-order valence-electron chi connectivity index (χ1n) is 7.08. The van der Waals surface area contributed by atoms with Gasteiger partial charge in [0.25, 0.3) is 0 Å². The SMILES string of the molecule is O=C(c1ccccc1)C(n1cncn1)n1nnc2ccccc21. The summed E-state index contributed by atoms with van der Waals surface area (Å²) in [4.78, 5) is 17.0. The summed E-state index contributed by atoms with van der Waals surface area (Å²) in [6.45, 7) is 0. The van der Waals surface area contributed by atoms with Crippen LogP contribution in [0, 0.1) is 0 Å². The van der Waals surface area contributed by atoms with Crippen LogP contribution in [0.15, 0.2) is 67.3 Å². The van der Waals surface area contributed by atoms with Gasteiger partial charge in [0.1, 0.15) is 18.2 Å². The van der Waals surface area contributed by atoms with E-state index in [0.29, 0.717) is 5.56 Å². The van der Waals surface area contributed by atoms with Crippen LogP contribution in [-0.4, -0.2) is 35.5 Å². The molecule has 4 aromatic rings. The molecule has 1 unspecified atom stereocenters. The number of ketones is 1. The van der Waals surface area contributed by atoms with E-state index in [1.165, 1.54) is 17.3 Å². The molecule has 2 aromatic heterocycles. The van der Waals surface area contributed by atoms with Crippen molar-refractivity contribution < 1.29 is 4.79 Å². The van der Waals surface area contributed by atoms with Crippen LogP contribution >= 0.6 is 0 Å². The summed E-state index contributed by atoms with van der Waals surface area (Å²) in [6.07, 6.45) is 2.12. The number of aromatic nitrogens is 6. The highest BCUT2D eigenvalue weighted by Crippen LogP contribution is 2.20. The van der Waals surface area contributed by atoms with Crippen molar-refractivity contribution >= 4 is 16.8 Å². The molecule has 0 radical (unpaired) electrons. The van der Waals surface area contributed by atoms with E-state index in [1.54, 1.807) is 16.8 Å². The molecule has 0 saturated heterocycles. The summed E-state index contributed by atoms with van der Waals surface area (Å²) in [6, 6.07) is 16.5. The average Bonchev–Trinajstić information content (AvgIpc) is 3.27. The Hall–Kier alpha value is -3.35. The maximum absolute atomic E-state index is 13.0. The molecule has 23 heavy (non-hydrogen) atoms. The van der Waals surface area contributed by atoms with Gasteiger partial charge in [-0.05, 0) is 12.1 Å². The Balaban J connectivity index is 1.89. The van der Waals surface area contributed by atoms with Gasteiger partial charge in [0.2, 0.25) is 11.9 Å². The van der Waals surface area contributed by atoms with E-state index in [0.717, 1.165) is 11.0 Å². The Morgan fingerprint density at radius 1 is 1.00 bits per heavy atom. The molecule has 2 heterocycles. The number of rotatable bonds is 4. The van der Waals surface area contributed by atoms with Gasteiger partial charge in [-0.25, -0.2) is 14.3 Å². The molecule has 0 bridgehead atoms. The molecule has 0 aliphatic carbocycles. The molecule has 112 valence electrons. The van der Waals surface area contributed by atoms with Gasteiger partial charge in [-0.15, -0.1) is 5.10 Å². The maximum Gasteiger partial charge on any atom is 0.210 e. The van der Waals surface area contributed by atoms with Crippen LogP contribution in [-0.2, 0) is 0 Å². The van der Waals surface area contributed by atoms with Crippen molar-refractivity contribution in [3.63, 3.8) is 0 Å². The minimum absolute atomic E-state index is 0.133. The average molecular weight is 304 g/mol. The number of Topliss-reactive ketones (excluding diaryl/α,β-unsaturated/α-hetero) is 1. The van der Waals surface area contributed by atoms with Crippen molar-refractivity contribution in [2.45, 2.75) is 6.17 Å². The molecule has 0 amide bonds. The molecule has 7 nitrogen and oxygen atoms in total. The lowest BCUT2D eigenvalue weighted by atomic mass is 10.1. The van der Waals surface area contributed by atoms with Gasteiger partial charge in [0.05, 0.1) is 5.52 Å². The van der Waals surface area contributed by atoms with E-state index in [4.69, 9.17) is 0 Å². The zero-order chi connectivity index (χ0) is 15.6. The van der Waals surface area contributed by atoms with Crippen LogP contribution in [0.2, 0.25) is 0 Å². The number of hydrogen-bond donors (Lipinski definition) is 0. The van der Waals surface area contributed by atoms with Gasteiger partial charge in [0, 0.05) is 5.56 Å². The Kier molecular flexibility index (Phi) is 3.16. The van der Waals surface area contributed by atoms with Crippen molar-refractivity contribution in [1.29, 1.82) is 0 Å². The first-order valence-corrected chi connectivity index (χ1v) is 7.08. The molecular weight excluding hydrogens is 292 g/mol. The largest absolute Gasteiger partial charge is 0.290 e. The molecule has 4 rings (SSSR count). The monoisotopic (exact) mass is 304 g/mol. The summed E-state index contributed by atoms with van der Waals surface area (Å²) in [5.41, 5.74) is 2.06. The van der Waals surface area contributed by atoms with Gasteiger partial charge in [-0.1, -0.05) is 47.7 Å². The molecule has 0 N–H and O–H groups in total. The smallest absolute Gasteiger partial charge is 0.210 e. The maximum atomic E-state index is 13.0. The summed E-state index contributed by atoms with van der Waals surface area (Å²) >= 11 is 0.